The Kier molecular flexibility index (Phi) is 6.60. The molecule has 0 spiro atoms. The Labute approximate surface area is 109 Å². The van der Waals surface area contributed by atoms with Crippen molar-refractivity contribution in [2.75, 3.05) is 27.4 Å². The van der Waals surface area contributed by atoms with E-state index in [9.17, 15) is 4.79 Å². The van der Waals surface area contributed by atoms with E-state index in [1.165, 1.54) is 0 Å². The summed E-state index contributed by atoms with van der Waals surface area (Å²) in [6, 6.07) is 0.161. The van der Waals surface area contributed by atoms with Gasteiger partial charge in [0, 0.05) is 32.7 Å². The van der Waals surface area contributed by atoms with Crippen molar-refractivity contribution < 1.29 is 14.3 Å². The molecule has 0 aromatic rings. The number of methoxy groups -OCH3 is 2. The molecule has 5 nitrogen and oxygen atoms in total. The van der Waals surface area contributed by atoms with Gasteiger partial charge in [-0.1, -0.05) is 6.92 Å². The van der Waals surface area contributed by atoms with Crippen LogP contribution in [0.25, 0.3) is 0 Å². The van der Waals surface area contributed by atoms with Crippen LogP contribution in [0, 0.1) is 11.8 Å². The highest BCUT2D eigenvalue weighted by Crippen LogP contribution is 2.29. The van der Waals surface area contributed by atoms with E-state index in [0.717, 1.165) is 19.3 Å². The largest absolute Gasteiger partial charge is 0.382 e. The first-order valence-corrected chi connectivity index (χ1v) is 6.63. The first-order chi connectivity index (χ1) is 8.58. The van der Waals surface area contributed by atoms with Crippen LogP contribution in [-0.2, 0) is 14.3 Å². The second kappa shape index (κ2) is 7.71. The van der Waals surface area contributed by atoms with Gasteiger partial charge in [0.05, 0.1) is 12.7 Å². The molecule has 0 bridgehead atoms. The number of amides is 1. The number of hydrogen-bond acceptors (Lipinski definition) is 4. The van der Waals surface area contributed by atoms with Crippen molar-refractivity contribution in [3.8, 4) is 0 Å². The number of nitrogens with one attached hydrogen (secondary N) is 1. The molecule has 106 valence electrons. The van der Waals surface area contributed by atoms with Crippen LogP contribution in [0.3, 0.4) is 0 Å². The monoisotopic (exact) mass is 258 g/mol. The molecule has 4 unspecified atom stereocenters. The maximum absolute atomic E-state index is 12.1. The van der Waals surface area contributed by atoms with Gasteiger partial charge in [-0.25, -0.2) is 0 Å². The van der Waals surface area contributed by atoms with Gasteiger partial charge in [0.15, 0.2) is 0 Å². The van der Waals surface area contributed by atoms with Gasteiger partial charge >= 0.3 is 0 Å². The van der Waals surface area contributed by atoms with E-state index >= 15 is 0 Å². The average molecular weight is 258 g/mol. The summed E-state index contributed by atoms with van der Waals surface area (Å²) in [6.45, 7) is 3.09. The maximum atomic E-state index is 12.1. The topological polar surface area (TPSA) is 73.6 Å². The number of rotatable bonds is 6. The molecule has 1 rings (SSSR count). The van der Waals surface area contributed by atoms with Crippen molar-refractivity contribution >= 4 is 5.91 Å². The third-order valence-corrected chi connectivity index (χ3v) is 3.76. The van der Waals surface area contributed by atoms with Gasteiger partial charge < -0.3 is 20.5 Å². The lowest BCUT2D eigenvalue weighted by molar-refractivity contribution is -0.128. The summed E-state index contributed by atoms with van der Waals surface area (Å²) >= 11 is 0. The minimum atomic E-state index is -0.0912. The van der Waals surface area contributed by atoms with Crippen molar-refractivity contribution in [1.82, 2.24) is 5.32 Å². The van der Waals surface area contributed by atoms with Crippen LogP contribution in [0.2, 0.25) is 0 Å². The molecule has 18 heavy (non-hydrogen) atoms. The molecule has 1 saturated carbocycles. The Morgan fingerprint density at radius 1 is 1.44 bits per heavy atom. The van der Waals surface area contributed by atoms with Crippen LogP contribution in [-0.4, -0.2) is 45.4 Å². The van der Waals surface area contributed by atoms with Gasteiger partial charge in [-0.15, -0.1) is 0 Å². The van der Waals surface area contributed by atoms with Crippen molar-refractivity contribution in [1.29, 1.82) is 0 Å². The molecule has 1 aliphatic rings. The summed E-state index contributed by atoms with van der Waals surface area (Å²) in [5.41, 5.74) is 5.93. The van der Waals surface area contributed by atoms with E-state index in [0.29, 0.717) is 19.1 Å². The van der Waals surface area contributed by atoms with Gasteiger partial charge in [0.25, 0.3) is 0 Å². The average Bonchev–Trinajstić information content (AvgIpc) is 2.37. The molecule has 4 atom stereocenters. The molecule has 0 radical (unpaired) electrons. The third kappa shape index (κ3) is 4.55. The minimum absolute atomic E-state index is 0.0359. The lowest BCUT2D eigenvalue weighted by atomic mass is 9.77. The Morgan fingerprint density at radius 3 is 2.78 bits per heavy atom. The predicted octanol–water partition coefficient (Wildman–Crippen LogP) is 0.528. The van der Waals surface area contributed by atoms with Gasteiger partial charge in [0.2, 0.25) is 5.91 Å². The normalized spacial score (nSPS) is 29.9. The van der Waals surface area contributed by atoms with E-state index in [-0.39, 0.29) is 24.0 Å². The highest BCUT2D eigenvalue weighted by molar-refractivity contribution is 5.79. The zero-order valence-electron chi connectivity index (χ0n) is 11.6. The fourth-order valence-electron chi connectivity index (χ4n) is 2.46. The van der Waals surface area contributed by atoms with E-state index in [4.69, 9.17) is 15.2 Å². The second-order valence-corrected chi connectivity index (χ2v) is 5.22. The number of hydrogen-bond donors (Lipinski definition) is 2. The summed E-state index contributed by atoms with van der Waals surface area (Å²) in [5, 5.41) is 2.94. The molecule has 0 aromatic heterocycles. The Hall–Kier alpha value is -0.650. The highest BCUT2D eigenvalue weighted by atomic mass is 16.5. The molecule has 1 amide bonds. The number of carbonyl (C=O) groups excluding carboxylic acids is 1. The first-order valence-electron chi connectivity index (χ1n) is 6.63. The second-order valence-electron chi connectivity index (χ2n) is 5.22. The molecule has 0 aromatic carbocycles. The maximum Gasteiger partial charge on any atom is 0.223 e. The van der Waals surface area contributed by atoms with Crippen molar-refractivity contribution in [3.05, 3.63) is 0 Å². The predicted molar refractivity (Wildman–Crippen MR) is 70.2 cm³/mol. The van der Waals surface area contributed by atoms with Gasteiger partial charge in [0.1, 0.15) is 0 Å². The summed E-state index contributed by atoms with van der Waals surface area (Å²) in [7, 11) is 3.24. The van der Waals surface area contributed by atoms with Gasteiger partial charge in [-0.3, -0.25) is 4.79 Å². The first kappa shape index (κ1) is 15.4. The zero-order valence-corrected chi connectivity index (χ0v) is 11.6. The van der Waals surface area contributed by atoms with E-state index < -0.39 is 0 Å². The number of nitrogens with two attached hydrogens (primary N) is 1. The van der Waals surface area contributed by atoms with Crippen molar-refractivity contribution in [2.45, 2.75) is 38.3 Å². The molecule has 0 heterocycles. The highest BCUT2D eigenvalue weighted by Gasteiger charge is 2.31. The summed E-state index contributed by atoms with van der Waals surface area (Å²) < 4.78 is 10.2. The SMILES string of the molecule is COCC(CNC(=O)C1CC(N)CCC1C)OC. The van der Waals surface area contributed by atoms with Crippen LogP contribution in [0.5, 0.6) is 0 Å². The van der Waals surface area contributed by atoms with Crippen LogP contribution < -0.4 is 11.1 Å². The summed E-state index contributed by atoms with van der Waals surface area (Å²) in [4.78, 5) is 12.1. The van der Waals surface area contributed by atoms with Crippen LogP contribution in [0.4, 0.5) is 0 Å². The Bertz CT molecular complexity index is 261. The molecule has 5 heteroatoms. The van der Waals surface area contributed by atoms with E-state index in [1.54, 1.807) is 14.2 Å². The zero-order chi connectivity index (χ0) is 13.5. The number of carbonyl (C=O) groups is 1. The Morgan fingerprint density at radius 2 is 2.17 bits per heavy atom. The van der Waals surface area contributed by atoms with Crippen LogP contribution in [0.15, 0.2) is 0 Å². The minimum Gasteiger partial charge on any atom is -0.382 e. The molecular weight excluding hydrogens is 232 g/mol. The van der Waals surface area contributed by atoms with Crippen molar-refractivity contribution in [3.63, 3.8) is 0 Å². The summed E-state index contributed by atoms with van der Waals surface area (Å²) in [6.07, 6.45) is 2.75. The van der Waals surface area contributed by atoms with Crippen molar-refractivity contribution in [2.24, 2.45) is 17.6 Å². The lowest BCUT2D eigenvalue weighted by Crippen LogP contribution is -2.44. The molecule has 1 fully saturated rings. The fourth-order valence-corrected chi connectivity index (χ4v) is 2.46. The quantitative estimate of drug-likeness (QED) is 0.729. The number of ether oxygens (including phenoxy) is 2. The smallest absolute Gasteiger partial charge is 0.223 e. The van der Waals surface area contributed by atoms with E-state index in [2.05, 4.69) is 12.2 Å². The Balaban J connectivity index is 2.39. The standard InChI is InChI=1S/C13H26N2O3/c1-9-4-5-10(14)6-12(9)13(16)15-7-11(18-3)8-17-2/h9-12H,4-8,14H2,1-3H3,(H,15,16). The molecule has 0 saturated heterocycles. The van der Waals surface area contributed by atoms with E-state index in [1.807, 2.05) is 0 Å². The molecular formula is C13H26N2O3. The molecule has 3 N–H and O–H groups in total. The fraction of sp³-hybridized carbons (Fsp3) is 0.923. The lowest BCUT2D eigenvalue weighted by Gasteiger charge is -2.31. The molecule has 1 aliphatic carbocycles. The summed E-state index contributed by atoms with van der Waals surface area (Å²) in [5.74, 6) is 0.540. The third-order valence-electron chi connectivity index (χ3n) is 3.76. The van der Waals surface area contributed by atoms with Gasteiger partial charge in [-0.05, 0) is 25.2 Å². The van der Waals surface area contributed by atoms with Gasteiger partial charge in [-0.2, -0.15) is 0 Å². The van der Waals surface area contributed by atoms with Crippen LogP contribution >= 0.6 is 0 Å². The molecule has 0 aliphatic heterocycles. The van der Waals surface area contributed by atoms with Crippen LogP contribution in [0.1, 0.15) is 26.2 Å².